The molecule has 0 atom stereocenters. The van der Waals surface area contributed by atoms with Crippen molar-refractivity contribution in [2.45, 2.75) is 40.2 Å². The first-order chi connectivity index (χ1) is 15.3. The van der Waals surface area contributed by atoms with Crippen LogP contribution in [0.5, 0.6) is 0 Å². The zero-order valence-corrected chi connectivity index (χ0v) is 18.7. The van der Waals surface area contributed by atoms with Crippen LogP contribution >= 0.6 is 0 Å². The van der Waals surface area contributed by atoms with E-state index in [4.69, 9.17) is 0 Å². The Kier molecular flexibility index (Phi) is 5.81. The van der Waals surface area contributed by atoms with Crippen molar-refractivity contribution >= 4 is 28.6 Å². The Morgan fingerprint density at radius 1 is 1.06 bits per heavy atom. The van der Waals surface area contributed by atoms with Crippen LogP contribution in [0.1, 0.15) is 30.8 Å². The van der Waals surface area contributed by atoms with E-state index in [1.165, 1.54) is 6.07 Å². The predicted octanol–water partition coefficient (Wildman–Crippen LogP) is 4.37. The minimum Gasteiger partial charge on any atom is -0.356 e. The van der Waals surface area contributed by atoms with Gasteiger partial charge < -0.3 is 10.2 Å². The van der Waals surface area contributed by atoms with Gasteiger partial charge in [-0.05, 0) is 64.1 Å². The number of nitrogens with one attached hydrogen (secondary N) is 2. The highest BCUT2D eigenvalue weighted by Gasteiger charge is 2.22. The molecule has 0 saturated heterocycles. The van der Waals surface area contributed by atoms with Gasteiger partial charge in [0.15, 0.2) is 5.65 Å². The normalized spacial score (nSPS) is 11.2. The van der Waals surface area contributed by atoms with E-state index < -0.39 is 0 Å². The van der Waals surface area contributed by atoms with Crippen LogP contribution in [-0.4, -0.2) is 26.5 Å². The average Bonchev–Trinajstić information content (AvgIpc) is 3.13. The van der Waals surface area contributed by atoms with Crippen molar-refractivity contribution in [2.75, 3.05) is 10.2 Å². The number of hydrogen-bond acceptors (Lipinski definition) is 4. The molecule has 32 heavy (non-hydrogen) atoms. The fraction of sp³-hybridized carbons (Fsp3) is 0.240. The lowest BCUT2D eigenvalue weighted by Gasteiger charge is -2.28. The first-order valence-electron chi connectivity index (χ1n) is 10.7. The van der Waals surface area contributed by atoms with E-state index in [1.54, 1.807) is 9.42 Å². The molecule has 4 aromatic rings. The molecule has 164 valence electrons. The maximum Gasteiger partial charge on any atom is 0.266 e. The zero-order valence-electron chi connectivity index (χ0n) is 18.7. The maximum absolute atomic E-state index is 13.4. The molecule has 7 heteroatoms. The second-order valence-corrected chi connectivity index (χ2v) is 8.15. The third-order valence-corrected chi connectivity index (χ3v) is 5.52. The Bertz CT molecular complexity index is 1300. The number of rotatable bonds is 6. The van der Waals surface area contributed by atoms with E-state index in [0.717, 1.165) is 34.0 Å². The van der Waals surface area contributed by atoms with E-state index in [0.29, 0.717) is 5.65 Å². The summed E-state index contributed by atoms with van der Waals surface area (Å²) in [6, 6.07) is 19.2. The molecule has 2 heterocycles. The van der Waals surface area contributed by atoms with Crippen molar-refractivity contribution in [2.24, 2.45) is 0 Å². The number of hydrogen-bond donors (Lipinski definition) is 2. The minimum atomic E-state index is -0.212. The lowest BCUT2D eigenvalue weighted by Crippen LogP contribution is -2.38. The first kappa shape index (κ1) is 21.4. The van der Waals surface area contributed by atoms with E-state index in [-0.39, 0.29) is 23.9 Å². The monoisotopic (exact) mass is 429 g/mol. The van der Waals surface area contributed by atoms with Gasteiger partial charge in [-0.15, -0.1) is 0 Å². The van der Waals surface area contributed by atoms with Crippen LogP contribution in [0.25, 0.3) is 5.65 Å². The van der Waals surface area contributed by atoms with E-state index in [9.17, 15) is 9.59 Å². The maximum atomic E-state index is 13.4. The second-order valence-electron chi connectivity index (χ2n) is 8.15. The Morgan fingerprint density at radius 3 is 2.38 bits per heavy atom. The van der Waals surface area contributed by atoms with Crippen molar-refractivity contribution in [1.29, 1.82) is 0 Å². The number of carbonyl (C=O) groups is 1. The molecule has 0 unspecified atom stereocenters. The van der Waals surface area contributed by atoms with Crippen LogP contribution in [0.15, 0.2) is 65.5 Å². The molecular formula is C25H27N5O2. The lowest BCUT2D eigenvalue weighted by atomic mass is 10.1. The van der Waals surface area contributed by atoms with Gasteiger partial charge >= 0.3 is 0 Å². The number of carbonyl (C=O) groups excluding carboxylic acids is 1. The van der Waals surface area contributed by atoms with E-state index in [1.807, 2.05) is 82.3 Å². The summed E-state index contributed by atoms with van der Waals surface area (Å²) in [5.41, 5.74) is 5.53. The molecule has 0 saturated carbocycles. The highest BCUT2D eigenvalue weighted by atomic mass is 16.2. The Hall–Kier alpha value is -3.87. The molecule has 7 nitrogen and oxygen atoms in total. The summed E-state index contributed by atoms with van der Waals surface area (Å²) < 4.78 is 1.64. The van der Waals surface area contributed by atoms with Crippen molar-refractivity contribution in [3.63, 3.8) is 0 Å². The minimum absolute atomic E-state index is 0.0147. The van der Waals surface area contributed by atoms with Gasteiger partial charge in [0.05, 0.1) is 6.42 Å². The summed E-state index contributed by atoms with van der Waals surface area (Å²) in [5, 5.41) is 6.10. The number of benzene rings is 2. The number of anilines is 3. The molecule has 4 rings (SSSR count). The van der Waals surface area contributed by atoms with Gasteiger partial charge in [0, 0.05) is 46.1 Å². The lowest BCUT2D eigenvalue weighted by molar-refractivity contribution is -0.118. The summed E-state index contributed by atoms with van der Waals surface area (Å²) in [6.07, 6.45) is 0.197. The molecular weight excluding hydrogens is 402 g/mol. The quantitative estimate of drug-likeness (QED) is 0.477. The van der Waals surface area contributed by atoms with Crippen molar-refractivity contribution < 1.29 is 4.79 Å². The number of H-pyrrole nitrogens is 1. The van der Waals surface area contributed by atoms with Gasteiger partial charge in [0.2, 0.25) is 5.91 Å². The van der Waals surface area contributed by atoms with Gasteiger partial charge in [-0.2, -0.15) is 0 Å². The molecule has 1 amide bonds. The summed E-state index contributed by atoms with van der Waals surface area (Å²) in [4.78, 5) is 31.4. The Labute approximate surface area is 186 Å². The summed E-state index contributed by atoms with van der Waals surface area (Å²) in [6.45, 7) is 7.76. The van der Waals surface area contributed by atoms with Gasteiger partial charge in [-0.1, -0.05) is 18.2 Å². The fourth-order valence-corrected chi connectivity index (χ4v) is 3.97. The molecule has 0 aliphatic carbocycles. The highest BCUT2D eigenvalue weighted by molar-refractivity contribution is 5.95. The van der Waals surface area contributed by atoms with E-state index in [2.05, 4.69) is 15.4 Å². The largest absolute Gasteiger partial charge is 0.356 e. The average molecular weight is 430 g/mol. The highest BCUT2D eigenvalue weighted by Crippen LogP contribution is 2.24. The molecule has 2 N–H and O–H groups in total. The SMILES string of the molecule is Cc1nc2cc(=O)[nH]n2c(C)c1CC(=O)N(c1ccc(Nc2ccccc2)cc1)C(C)C. The molecule has 0 bridgehead atoms. The number of aromatic nitrogens is 3. The number of aryl methyl sites for hydroxylation is 2. The fourth-order valence-electron chi connectivity index (χ4n) is 3.97. The van der Waals surface area contributed by atoms with Crippen molar-refractivity contribution in [3.05, 3.63) is 88.0 Å². The van der Waals surface area contributed by atoms with Gasteiger partial charge in [0.25, 0.3) is 5.56 Å². The standard InChI is InChI=1S/C25H27N5O2/c1-16(2)29(21-12-10-20(11-13-21)27-19-8-6-5-7-9-19)25(32)14-22-17(3)26-23-15-24(31)28-30(23)18(22)4/h5-13,15-16,27H,14H2,1-4H3,(H,28,31). The molecule has 0 aliphatic rings. The Morgan fingerprint density at radius 2 is 1.72 bits per heavy atom. The summed E-state index contributed by atoms with van der Waals surface area (Å²) in [7, 11) is 0. The first-order valence-corrected chi connectivity index (χ1v) is 10.7. The third-order valence-electron chi connectivity index (χ3n) is 5.52. The van der Waals surface area contributed by atoms with Crippen LogP contribution in [0, 0.1) is 13.8 Å². The molecule has 0 spiro atoms. The van der Waals surface area contributed by atoms with Crippen molar-refractivity contribution in [3.8, 4) is 0 Å². The predicted molar refractivity (Wildman–Crippen MR) is 128 cm³/mol. The second kappa shape index (κ2) is 8.70. The Balaban J connectivity index is 1.58. The van der Waals surface area contributed by atoms with Gasteiger partial charge in [-0.3, -0.25) is 14.7 Å². The molecule has 0 radical (unpaired) electrons. The van der Waals surface area contributed by atoms with Gasteiger partial charge in [0.1, 0.15) is 0 Å². The number of para-hydroxylation sites is 1. The molecule has 2 aromatic carbocycles. The molecule has 0 fully saturated rings. The van der Waals surface area contributed by atoms with Crippen LogP contribution in [0.2, 0.25) is 0 Å². The van der Waals surface area contributed by atoms with Crippen LogP contribution in [0.3, 0.4) is 0 Å². The van der Waals surface area contributed by atoms with Gasteiger partial charge in [-0.25, -0.2) is 9.50 Å². The third kappa shape index (κ3) is 4.27. The number of fused-ring (bicyclic) bond motifs is 1. The van der Waals surface area contributed by atoms with Crippen LogP contribution < -0.4 is 15.8 Å². The number of amides is 1. The van der Waals surface area contributed by atoms with Crippen LogP contribution in [-0.2, 0) is 11.2 Å². The number of aromatic amines is 1. The summed E-state index contributed by atoms with van der Waals surface area (Å²) in [5.74, 6) is -0.0226. The zero-order chi connectivity index (χ0) is 22.8. The number of nitrogens with zero attached hydrogens (tertiary/aromatic N) is 3. The smallest absolute Gasteiger partial charge is 0.266 e. The topological polar surface area (TPSA) is 82.5 Å². The van der Waals surface area contributed by atoms with E-state index >= 15 is 0 Å². The summed E-state index contributed by atoms with van der Waals surface area (Å²) >= 11 is 0. The van der Waals surface area contributed by atoms with Crippen molar-refractivity contribution in [1.82, 2.24) is 14.6 Å². The molecule has 0 aliphatic heterocycles. The van der Waals surface area contributed by atoms with Crippen LogP contribution in [0.4, 0.5) is 17.1 Å². The molecule has 2 aromatic heterocycles.